The zero-order chi connectivity index (χ0) is 13.7. The summed E-state index contributed by atoms with van der Waals surface area (Å²) in [6, 6.07) is 1.76. The number of hydrogen-bond donors (Lipinski definition) is 1. The van der Waals surface area contributed by atoms with Crippen LogP contribution in [0.4, 0.5) is 5.00 Å². The predicted molar refractivity (Wildman–Crippen MR) is 72.6 cm³/mol. The molecule has 1 heterocycles. The second-order valence-corrected chi connectivity index (χ2v) is 4.73. The fraction of sp³-hybridized carbons (Fsp3) is 0.583. The van der Waals surface area contributed by atoms with Crippen LogP contribution < -0.4 is 5.32 Å². The summed E-state index contributed by atoms with van der Waals surface area (Å²) < 4.78 is 4.12. The second kappa shape index (κ2) is 6.36. The first-order valence-corrected chi connectivity index (χ1v) is 6.74. The number of aromatic nitrogens is 1. The maximum Gasteiger partial charge on any atom is 0.244 e. The summed E-state index contributed by atoms with van der Waals surface area (Å²) in [5.74, 6) is 0.0370. The van der Waals surface area contributed by atoms with Crippen LogP contribution in [0.5, 0.6) is 0 Å². The van der Waals surface area contributed by atoms with Crippen molar-refractivity contribution in [1.82, 2.24) is 9.27 Å². The van der Waals surface area contributed by atoms with Crippen molar-refractivity contribution in [3.63, 3.8) is 0 Å². The Balaban J connectivity index is 2.79. The van der Waals surface area contributed by atoms with Crippen molar-refractivity contribution in [2.24, 2.45) is 0 Å². The Kier molecular flexibility index (Phi) is 5.10. The summed E-state index contributed by atoms with van der Waals surface area (Å²) in [4.78, 5) is 13.8. The quantitative estimate of drug-likeness (QED) is 0.885. The molecule has 0 aromatic carbocycles. The Hall–Kier alpha value is -1.61. The van der Waals surface area contributed by atoms with Gasteiger partial charge in [-0.3, -0.25) is 4.79 Å². The van der Waals surface area contributed by atoms with Gasteiger partial charge in [0.25, 0.3) is 0 Å². The minimum atomic E-state index is -0.350. The molecule has 1 unspecified atom stereocenters. The SMILES string of the molecule is CCN(CC)C(=O)C(C)Nc1snc(C)c1C#N. The highest BCUT2D eigenvalue weighted by Crippen LogP contribution is 2.24. The van der Waals surface area contributed by atoms with E-state index in [1.807, 2.05) is 13.8 Å². The van der Waals surface area contributed by atoms with Gasteiger partial charge in [0, 0.05) is 13.1 Å². The van der Waals surface area contributed by atoms with E-state index < -0.39 is 0 Å². The van der Waals surface area contributed by atoms with Crippen LogP contribution in [0.2, 0.25) is 0 Å². The molecule has 1 amide bonds. The molecule has 0 saturated heterocycles. The Morgan fingerprint density at radius 2 is 2.17 bits per heavy atom. The van der Waals surface area contributed by atoms with Crippen molar-refractivity contribution in [2.75, 3.05) is 18.4 Å². The fourth-order valence-corrected chi connectivity index (χ4v) is 2.50. The number of amides is 1. The van der Waals surface area contributed by atoms with Crippen LogP contribution in [0, 0.1) is 18.3 Å². The van der Waals surface area contributed by atoms with E-state index in [2.05, 4.69) is 15.8 Å². The van der Waals surface area contributed by atoms with Crippen molar-refractivity contribution < 1.29 is 4.79 Å². The highest BCUT2D eigenvalue weighted by molar-refractivity contribution is 7.10. The Morgan fingerprint density at radius 3 is 2.67 bits per heavy atom. The fourth-order valence-electron chi connectivity index (χ4n) is 1.67. The third kappa shape index (κ3) is 2.99. The molecule has 0 aliphatic heterocycles. The largest absolute Gasteiger partial charge is 0.363 e. The van der Waals surface area contributed by atoms with E-state index in [0.717, 1.165) is 0 Å². The topological polar surface area (TPSA) is 69.0 Å². The summed E-state index contributed by atoms with van der Waals surface area (Å²) >= 11 is 1.22. The minimum Gasteiger partial charge on any atom is -0.363 e. The van der Waals surface area contributed by atoms with Crippen LogP contribution in [0.1, 0.15) is 32.0 Å². The lowest BCUT2D eigenvalue weighted by Gasteiger charge is -2.23. The third-order valence-corrected chi connectivity index (χ3v) is 3.64. The molecule has 1 N–H and O–H groups in total. The summed E-state index contributed by atoms with van der Waals surface area (Å²) in [7, 11) is 0. The molecule has 0 spiro atoms. The van der Waals surface area contributed by atoms with Crippen molar-refractivity contribution in [3.8, 4) is 6.07 Å². The molecule has 0 fully saturated rings. The molecule has 98 valence electrons. The van der Waals surface area contributed by atoms with Gasteiger partial charge in [0.05, 0.1) is 5.69 Å². The van der Waals surface area contributed by atoms with Gasteiger partial charge < -0.3 is 10.2 Å². The van der Waals surface area contributed by atoms with Gasteiger partial charge in [-0.05, 0) is 39.2 Å². The minimum absolute atomic E-state index is 0.0370. The number of carbonyl (C=O) groups excluding carboxylic acids is 1. The van der Waals surface area contributed by atoms with E-state index >= 15 is 0 Å². The van der Waals surface area contributed by atoms with Gasteiger partial charge in [-0.2, -0.15) is 9.64 Å². The van der Waals surface area contributed by atoms with Crippen LogP contribution in [0.15, 0.2) is 0 Å². The standard InChI is InChI=1S/C12H18N4OS/c1-5-16(6-2)12(17)9(4)14-11-10(7-13)8(3)15-18-11/h9,14H,5-6H2,1-4H3. The molecule has 5 nitrogen and oxygen atoms in total. The number of anilines is 1. The van der Waals surface area contributed by atoms with E-state index in [1.165, 1.54) is 11.5 Å². The monoisotopic (exact) mass is 266 g/mol. The van der Waals surface area contributed by atoms with Crippen LogP contribution >= 0.6 is 11.5 Å². The molecule has 0 radical (unpaired) electrons. The van der Waals surface area contributed by atoms with Crippen molar-refractivity contribution in [1.29, 1.82) is 5.26 Å². The highest BCUT2D eigenvalue weighted by atomic mass is 32.1. The summed E-state index contributed by atoms with van der Waals surface area (Å²) in [6.45, 7) is 8.87. The molecule has 1 aromatic heterocycles. The second-order valence-electron chi connectivity index (χ2n) is 3.96. The Morgan fingerprint density at radius 1 is 1.56 bits per heavy atom. The lowest BCUT2D eigenvalue weighted by atomic mass is 10.2. The zero-order valence-corrected chi connectivity index (χ0v) is 12.0. The number of nitrogens with zero attached hydrogens (tertiary/aromatic N) is 3. The first-order chi connectivity index (χ1) is 8.54. The van der Waals surface area contributed by atoms with Crippen LogP contribution in [-0.4, -0.2) is 34.3 Å². The maximum atomic E-state index is 12.1. The number of carbonyl (C=O) groups is 1. The molecular weight excluding hydrogens is 248 g/mol. The molecule has 0 aliphatic carbocycles. The first kappa shape index (κ1) is 14.5. The van der Waals surface area contributed by atoms with Crippen LogP contribution in [0.25, 0.3) is 0 Å². The molecule has 1 aromatic rings. The molecule has 0 aliphatic rings. The average molecular weight is 266 g/mol. The van der Waals surface area contributed by atoms with Gasteiger partial charge in [0.1, 0.15) is 22.7 Å². The third-order valence-electron chi connectivity index (χ3n) is 2.77. The average Bonchev–Trinajstić information content (AvgIpc) is 2.71. The Labute approximate surface area is 112 Å². The van der Waals surface area contributed by atoms with E-state index in [0.29, 0.717) is 29.3 Å². The number of hydrogen-bond acceptors (Lipinski definition) is 5. The van der Waals surface area contributed by atoms with Gasteiger partial charge in [-0.1, -0.05) is 0 Å². The van der Waals surface area contributed by atoms with Gasteiger partial charge in [0.15, 0.2) is 0 Å². The van der Waals surface area contributed by atoms with Crippen molar-refractivity contribution in [3.05, 3.63) is 11.3 Å². The van der Waals surface area contributed by atoms with Gasteiger partial charge in [-0.15, -0.1) is 0 Å². The number of nitriles is 1. The first-order valence-electron chi connectivity index (χ1n) is 5.96. The number of rotatable bonds is 5. The lowest BCUT2D eigenvalue weighted by molar-refractivity contribution is -0.131. The summed E-state index contributed by atoms with van der Waals surface area (Å²) in [5, 5.41) is 12.8. The molecule has 18 heavy (non-hydrogen) atoms. The lowest BCUT2D eigenvalue weighted by Crippen LogP contribution is -2.41. The van der Waals surface area contributed by atoms with Gasteiger partial charge in [-0.25, -0.2) is 0 Å². The normalized spacial score (nSPS) is 11.7. The molecule has 1 rings (SSSR count). The molecule has 6 heteroatoms. The van der Waals surface area contributed by atoms with Crippen molar-refractivity contribution in [2.45, 2.75) is 33.7 Å². The number of likely N-dealkylation sites (N-methyl/N-ethyl adjacent to an activating group) is 1. The smallest absolute Gasteiger partial charge is 0.244 e. The van der Waals surface area contributed by atoms with E-state index in [1.54, 1.807) is 18.7 Å². The van der Waals surface area contributed by atoms with E-state index in [4.69, 9.17) is 5.26 Å². The van der Waals surface area contributed by atoms with E-state index in [9.17, 15) is 4.79 Å². The van der Waals surface area contributed by atoms with Crippen LogP contribution in [-0.2, 0) is 4.79 Å². The molecule has 0 saturated carbocycles. The van der Waals surface area contributed by atoms with Gasteiger partial charge >= 0.3 is 0 Å². The Bertz CT molecular complexity index is 459. The highest BCUT2D eigenvalue weighted by Gasteiger charge is 2.20. The molecular formula is C12H18N4OS. The summed E-state index contributed by atoms with van der Waals surface area (Å²) in [5.41, 5.74) is 1.23. The maximum absolute atomic E-state index is 12.1. The zero-order valence-electron chi connectivity index (χ0n) is 11.1. The van der Waals surface area contributed by atoms with Crippen LogP contribution in [0.3, 0.4) is 0 Å². The molecule has 0 bridgehead atoms. The molecule has 1 atom stereocenters. The van der Waals surface area contributed by atoms with E-state index in [-0.39, 0.29) is 11.9 Å². The number of nitrogens with one attached hydrogen (secondary N) is 1. The number of aryl methyl sites for hydroxylation is 1. The predicted octanol–water partition coefficient (Wildman–Crippen LogP) is 1.99. The summed E-state index contributed by atoms with van der Waals surface area (Å²) in [6.07, 6.45) is 0. The van der Waals surface area contributed by atoms with Gasteiger partial charge in [0.2, 0.25) is 5.91 Å². The van der Waals surface area contributed by atoms with Crippen molar-refractivity contribution >= 4 is 22.4 Å².